The fraction of sp³-hybridized carbons (Fsp3) is 0.161. The maximum atomic E-state index is 14.3. The molecule has 1 amide bonds. The zero-order valence-electron chi connectivity index (χ0n) is 20.9. The van der Waals surface area contributed by atoms with Crippen molar-refractivity contribution < 1.29 is 23.8 Å². The van der Waals surface area contributed by atoms with Crippen LogP contribution in [0.25, 0.3) is 0 Å². The highest BCUT2D eigenvalue weighted by Crippen LogP contribution is 2.46. The Kier molecular flexibility index (Phi) is 8.43. The molecule has 4 atom stereocenters. The van der Waals surface area contributed by atoms with Crippen LogP contribution in [-0.4, -0.2) is 28.0 Å². The number of amides is 1. The third-order valence-corrected chi connectivity index (χ3v) is 7.63. The van der Waals surface area contributed by atoms with E-state index >= 15 is 0 Å². The second-order valence-electron chi connectivity index (χ2n) is 9.46. The summed E-state index contributed by atoms with van der Waals surface area (Å²) in [6.45, 7) is 0. The molecule has 4 aromatic carbocycles. The summed E-state index contributed by atoms with van der Waals surface area (Å²) < 4.78 is 20.1. The van der Waals surface area contributed by atoms with Gasteiger partial charge in [0.1, 0.15) is 18.0 Å². The van der Waals surface area contributed by atoms with Gasteiger partial charge in [0.15, 0.2) is 6.04 Å². The van der Waals surface area contributed by atoms with Crippen LogP contribution in [0.5, 0.6) is 0 Å². The lowest BCUT2D eigenvalue weighted by Gasteiger charge is -2.47. The lowest BCUT2D eigenvalue weighted by molar-refractivity contribution is -0.184. The van der Waals surface area contributed by atoms with Crippen LogP contribution in [0.1, 0.15) is 40.4 Å². The van der Waals surface area contributed by atoms with Gasteiger partial charge in [0.25, 0.3) is 5.91 Å². The van der Waals surface area contributed by atoms with E-state index in [1.165, 1.54) is 17.0 Å². The number of carbonyl (C=O) groups is 2. The molecule has 0 bridgehead atoms. The molecule has 9 heteroatoms. The molecule has 0 spiro atoms. The molecule has 1 N–H and O–H groups in total. The number of carbonyl (C=O) groups excluding carboxylic acids is 1. The molecule has 5 nitrogen and oxygen atoms in total. The molecule has 1 fully saturated rings. The molecule has 204 valence electrons. The Morgan fingerprint density at radius 1 is 0.800 bits per heavy atom. The number of ether oxygens (including phenoxy) is 1. The number of halogens is 4. The highest BCUT2D eigenvalue weighted by molar-refractivity contribution is 6.31. The van der Waals surface area contributed by atoms with Gasteiger partial charge in [0.2, 0.25) is 0 Å². The Balaban J connectivity index is 1.68. The van der Waals surface area contributed by atoms with Gasteiger partial charge in [-0.2, -0.15) is 0 Å². The van der Waals surface area contributed by atoms with Crippen LogP contribution in [0.4, 0.5) is 4.39 Å². The first-order valence-electron chi connectivity index (χ1n) is 12.4. The van der Waals surface area contributed by atoms with Gasteiger partial charge in [-0.1, -0.05) is 83.3 Å². The molecule has 1 saturated heterocycles. The quantitative estimate of drug-likeness (QED) is 0.235. The van der Waals surface area contributed by atoms with E-state index in [-0.39, 0.29) is 6.42 Å². The van der Waals surface area contributed by atoms with Crippen LogP contribution in [0.15, 0.2) is 97.1 Å². The summed E-state index contributed by atoms with van der Waals surface area (Å²) in [4.78, 5) is 28.5. The normalized spacial score (nSPS) is 19.9. The Morgan fingerprint density at radius 2 is 1.30 bits per heavy atom. The summed E-state index contributed by atoms with van der Waals surface area (Å²) in [5, 5.41) is 12.0. The van der Waals surface area contributed by atoms with Gasteiger partial charge in [-0.05, 0) is 70.8 Å². The smallest absolute Gasteiger partial charge is 0.331 e. The second-order valence-corrected chi connectivity index (χ2v) is 10.8. The van der Waals surface area contributed by atoms with Crippen LogP contribution in [0, 0.1) is 5.82 Å². The number of nitrogens with zero attached hydrogens (tertiary/aromatic N) is 1. The van der Waals surface area contributed by atoms with Crippen molar-refractivity contribution in [2.45, 2.75) is 30.7 Å². The third-order valence-electron chi connectivity index (χ3n) is 6.87. The average Bonchev–Trinajstić information content (AvgIpc) is 2.94. The van der Waals surface area contributed by atoms with E-state index in [1.807, 2.05) is 0 Å². The number of aliphatic carboxylic acids is 1. The first kappa shape index (κ1) is 28.1. The Bertz CT molecular complexity index is 1500. The summed E-state index contributed by atoms with van der Waals surface area (Å²) >= 11 is 18.4. The van der Waals surface area contributed by atoms with Crippen molar-refractivity contribution >= 4 is 46.7 Å². The standard InChI is InChI=1S/C31H23Cl3FNO4/c32-22-9-3-19(4-10-22)27-29(21-7-13-24(34)14-8-21)40-26(17-18-1-15-25(35)16-2-18)30(37)36(27)28(31(38)39)20-5-11-23(33)12-6-20/h1-16,26-29H,17H2,(H,38,39)/t26-,27+,28+,29-/m0/s1. The molecule has 1 heterocycles. The topological polar surface area (TPSA) is 66.8 Å². The molecule has 1 aliphatic heterocycles. The summed E-state index contributed by atoms with van der Waals surface area (Å²) in [6.07, 6.45) is -1.71. The van der Waals surface area contributed by atoms with Crippen LogP contribution in [0.2, 0.25) is 15.1 Å². The molecule has 4 aromatic rings. The SMILES string of the molecule is O=C(O)[C@@H](c1ccc(Cl)cc1)N1C(=O)[C@H](Cc2ccc(F)cc2)O[C@@H](c2ccc(Cl)cc2)[C@H]1c1ccc(Cl)cc1. The molecule has 0 aliphatic carbocycles. The Labute approximate surface area is 245 Å². The first-order valence-corrected chi connectivity index (χ1v) is 13.6. The zero-order chi connectivity index (χ0) is 28.4. The fourth-order valence-electron chi connectivity index (χ4n) is 4.99. The predicted molar refractivity (Wildman–Crippen MR) is 152 cm³/mol. The molecule has 0 unspecified atom stereocenters. The molecule has 5 rings (SSSR count). The number of hydrogen-bond donors (Lipinski definition) is 1. The largest absolute Gasteiger partial charge is 0.479 e. The average molecular weight is 599 g/mol. The number of carboxylic acid groups (broad SMARTS) is 1. The van der Waals surface area contributed by atoms with Crippen molar-refractivity contribution in [1.29, 1.82) is 0 Å². The van der Waals surface area contributed by atoms with Crippen LogP contribution in [0.3, 0.4) is 0 Å². The van der Waals surface area contributed by atoms with Crippen molar-refractivity contribution in [2.24, 2.45) is 0 Å². The number of hydrogen-bond acceptors (Lipinski definition) is 3. The van der Waals surface area contributed by atoms with Gasteiger partial charge in [-0.15, -0.1) is 0 Å². The van der Waals surface area contributed by atoms with E-state index in [4.69, 9.17) is 39.5 Å². The highest BCUT2D eigenvalue weighted by atomic mass is 35.5. The van der Waals surface area contributed by atoms with E-state index in [0.717, 1.165) is 0 Å². The maximum absolute atomic E-state index is 14.3. The van der Waals surface area contributed by atoms with Crippen molar-refractivity contribution in [1.82, 2.24) is 4.90 Å². The van der Waals surface area contributed by atoms with Gasteiger partial charge >= 0.3 is 5.97 Å². The summed E-state index contributed by atoms with van der Waals surface area (Å²) in [5.41, 5.74) is 2.38. The third kappa shape index (κ3) is 6.01. The van der Waals surface area contributed by atoms with E-state index in [2.05, 4.69) is 0 Å². The summed E-state index contributed by atoms with van der Waals surface area (Å²) in [5.74, 6) is -2.14. The zero-order valence-corrected chi connectivity index (χ0v) is 23.2. The van der Waals surface area contributed by atoms with E-state index < -0.39 is 42.0 Å². The van der Waals surface area contributed by atoms with E-state index in [9.17, 15) is 19.1 Å². The molecule has 0 aromatic heterocycles. The van der Waals surface area contributed by atoms with Crippen molar-refractivity contribution in [3.63, 3.8) is 0 Å². The molecular weight excluding hydrogens is 576 g/mol. The number of rotatable bonds is 7. The minimum Gasteiger partial charge on any atom is -0.479 e. The maximum Gasteiger partial charge on any atom is 0.331 e. The lowest BCUT2D eigenvalue weighted by Crippen LogP contribution is -2.54. The number of benzene rings is 4. The number of morpholine rings is 1. The van der Waals surface area contributed by atoms with Gasteiger partial charge in [0.05, 0.1) is 6.04 Å². The molecule has 40 heavy (non-hydrogen) atoms. The lowest BCUT2D eigenvalue weighted by atomic mass is 9.88. The van der Waals surface area contributed by atoms with Crippen LogP contribution < -0.4 is 0 Å². The van der Waals surface area contributed by atoms with E-state index in [1.54, 1.807) is 84.9 Å². The van der Waals surface area contributed by atoms with Crippen molar-refractivity contribution in [3.8, 4) is 0 Å². The predicted octanol–water partition coefficient (Wildman–Crippen LogP) is 7.86. The highest BCUT2D eigenvalue weighted by Gasteiger charge is 2.49. The van der Waals surface area contributed by atoms with E-state index in [0.29, 0.717) is 37.3 Å². The first-order chi connectivity index (χ1) is 19.2. The molecule has 1 aliphatic rings. The number of carboxylic acids is 1. The Hall–Kier alpha value is -3.42. The summed E-state index contributed by atoms with van der Waals surface area (Å²) in [6, 6.07) is 23.8. The van der Waals surface area contributed by atoms with Crippen molar-refractivity contribution in [2.75, 3.05) is 0 Å². The summed E-state index contributed by atoms with van der Waals surface area (Å²) in [7, 11) is 0. The second kappa shape index (κ2) is 12.0. The van der Waals surface area contributed by atoms with Gasteiger partial charge < -0.3 is 14.7 Å². The minimum absolute atomic E-state index is 0.111. The molecular formula is C31H23Cl3FNO4. The minimum atomic E-state index is -1.36. The monoisotopic (exact) mass is 597 g/mol. The molecule has 0 saturated carbocycles. The Morgan fingerprint density at radius 3 is 1.82 bits per heavy atom. The van der Waals surface area contributed by atoms with Crippen molar-refractivity contribution in [3.05, 3.63) is 140 Å². The van der Waals surface area contributed by atoms with Crippen LogP contribution in [-0.2, 0) is 20.7 Å². The van der Waals surface area contributed by atoms with Gasteiger partial charge in [0, 0.05) is 21.5 Å². The van der Waals surface area contributed by atoms with Gasteiger partial charge in [-0.25, -0.2) is 9.18 Å². The molecule has 0 radical (unpaired) electrons. The van der Waals surface area contributed by atoms with Gasteiger partial charge in [-0.3, -0.25) is 4.79 Å². The fourth-order valence-corrected chi connectivity index (χ4v) is 5.37. The van der Waals surface area contributed by atoms with Crippen LogP contribution >= 0.6 is 34.8 Å².